The molecular formula is C19H28N2O4. The van der Waals surface area contributed by atoms with Gasteiger partial charge in [0.2, 0.25) is 0 Å². The molecule has 1 heterocycles. The number of carbonyl (C=O) groups excluding carboxylic acids is 3. The second-order valence-corrected chi connectivity index (χ2v) is 7.30. The number of carbonyl (C=O) groups is 3. The lowest BCUT2D eigenvalue weighted by molar-refractivity contribution is -0.139. The highest BCUT2D eigenvalue weighted by Crippen LogP contribution is 2.29. The molecule has 1 fully saturated rings. The van der Waals surface area contributed by atoms with Crippen LogP contribution in [-0.4, -0.2) is 47.3 Å². The van der Waals surface area contributed by atoms with Crippen LogP contribution in [0.5, 0.6) is 0 Å². The largest absolute Gasteiger partial charge is 0.380 e. The molecule has 3 N–H and O–H groups in total. The van der Waals surface area contributed by atoms with Gasteiger partial charge in [-0.25, -0.2) is 0 Å². The Balaban J connectivity index is 2.02. The Morgan fingerprint density at radius 2 is 1.84 bits per heavy atom. The van der Waals surface area contributed by atoms with Crippen molar-refractivity contribution in [1.82, 2.24) is 10.6 Å². The Hall–Kier alpha value is -1.79. The highest BCUT2D eigenvalue weighted by atomic mass is 16.3. The van der Waals surface area contributed by atoms with Crippen molar-refractivity contribution < 1.29 is 19.5 Å². The van der Waals surface area contributed by atoms with Gasteiger partial charge in [0.1, 0.15) is 5.60 Å². The predicted molar refractivity (Wildman–Crippen MR) is 95.0 cm³/mol. The molecule has 6 nitrogen and oxygen atoms in total. The van der Waals surface area contributed by atoms with Crippen molar-refractivity contribution in [2.45, 2.75) is 65.0 Å². The summed E-state index contributed by atoms with van der Waals surface area (Å²) in [5.41, 5.74) is 0.155. The van der Waals surface area contributed by atoms with E-state index < -0.39 is 11.5 Å². The lowest BCUT2D eigenvalue weighted by Gasteiger charge is -2.29. The molecule has 2 unspecified atom stereocenters. The molecule has 0 saturated carbocycles. The molecule has 0 spiro atoms. The molecule has 0 radical (unpaired) electrons. The van der Waals surface area contributed by atoms with Gasteiger partial charge in [0.15, 0.2) is 11.6 Å². The van der Waals surface area contributed by atoms with Crippen LogP contribution in [0.2, 0.25) is 0 Å². The van der Waals surface area contributed by atoms with E-state index in [9.17, 15) is 19.5 Å². The van der Waals surface area contributed by atoms with Gasteiger partial charge in [-0.2, -0.15) is 0 Å². The van der Waals surface area contributed by atoms with Crippen LogP contribution in [0, 0.1) is 0 Å². The van der Waals surface area contributed by atoms with Gasteiger partial charge in [0.25, 0.3) is 5.91 Å². The zero-order chi connectivity index (χ0) is 18.8. The molecule has 1 amide bonds. The minimum Gasteiger partial charge on any atom is -0.380 e. The molecule has 25 heavy (non-hydrogen) atoms. The Kier molecular flexibility index (Phi) is 5.95. The van der Waals surface area contributed by atoms with Crippen molar-refractivity contribution in [1.29, 1.82) is 0 Å². The number of ketones is 2. The van der Waals surface area contributed by atoms with Gasteiger partial charge in [-0.1, -0.05) is 0 Å². The van der Waals surface area contributed by atoms with E-state index in [2.05, 4.69) is 10.6 Å². The first-order chi connectivity index (χ1) is 11.6. The van der Waals surface area contributed by atoms with Gasteiger partial charge in [-0.05, 0) is 59.9 Å². The van der Waals surface area contributed by atoms with E-state index in [0.717, 1.165) is 19.4 Å². The Morgan fingerprint density at radius 3 is 2.44 bits per heavy atom. The fraction of sp³-hybridized carbons (Fsp3) is 0.632. The fourth-order valence-corrected chi connectivity index (χ4v) is 3.25. The van der Waals surface area contributed by atoms with Gasteiger partial charge in [0, 0.05) is 34.9 Å². The highest BCUT2D eigenvalue weighted by molar-refractivity contribution is 6.24. The first kappa shape index (κ1) is 19.5. The molecule has 138 valence electrons. The summed E-state index contributed by atoms with van der Waals surface area (Å²) in [7, 11) is 0. The maximum Gasteiger partial charge on any atom is 0.251 e. The molecule has 0 bridgehead atoms. The fourth-order valence-electron chi connectivity index (χ4n) is 3.25. The van der Waals surface area contributed by atoms with E-state index in [1.165, 1.54) is 6.92 Å². The number of Topliss-reactive ketones (excluding diaryl/α,β-unsaturated/α-hetero) is 2. The molecule has 1 aliphatic carbocycles. The van der Waals surface area contributed by atoms with Crippen molar-refractivity contribution in [2.24, 2.45) is 0 Å². The summed E-state index contributed by atoms with van der Waals surface area (Å²) in [4.78, 5) is 37.0. The van der Waals surface area contributed by atoms with Gasteiger partial charge in [-0.3, -0.25) is 14.4 Å². The van der Waals surface area contributed by atoms with Crippen LogP contribution in [0.15, 0.2) is 22.3 Å². The molecule has 0 aromatic rings. The average Bonchev–Trinajstić information content (AvgIpc) is 2.59. The summed E-state index contributed by atoms with van der Waals surface area (Å²) >= 11 is 0. The van der Waals surface area contributed by atoms with Crippen molar-refractivity contribution in [3.63, 3.8) is 0 Å². The topological polar surface area (TPSA) is 95.5 Å². The third-order valence-corrected chi connectivity index (χ3v) is 5.29. The minimum atomic E-state index is -1.59. The minimum absolute atomic E-state index is 0.0133. The van der Waals surface area contributed by atoms with Crippen LogP contribution in [0.3, 0.4) is 0 Å². The normalized spacial score (nSPS) is 24.4. The average molecular weight is 348 g/mol. The molecule has 6 heteroatoms. The van der Waals surface area contributed by atoms with Gasteiger partial charge in [-0.15, -0.1) is 0 Å². The summed E-state index contributed by atoms with van der Waals surface area (Å²) < 4.78 is 0. The lowest BCUT2D eigenvalue weighted by atomic mass is 9.82. The number of piperidine rings is 1. The molecule has 0 aromatic carbocycles. The van der Waals surface area contributed by atoms with Crippen LogP contribution < -0.4 is 10.6 Å². The monoisotopic (exact) mass is 348 g/mol. The van der Waals surface area contributed by atoms with Gasteiger partial charge < -0.3 is 15.7 Å². The van der Waals surface area contributed by atoms with Crippen LogP contribution in [0.4, 0.5) is 0 Å². The number of hydrogen-bond acceptors (Lipinski definition) is 5. The summed E-state index contributed by atoms with van der Waals surface area (Å²) in [6, 6.07) is 0.0133. The first-order valence-corrected chi connectivity index (χ1v) is 8.86. The third kappa shape index (κ3) is 4.25. The highest BCUT2D eigenvalue weighted by Gasteiger charge is 2.34. The number of amides is 1. The second-order valence-electron chi connectivity index (χ2n) is 7.30. The van der Waals surface area contributed by atoms with Crippen molar-refractivity contribution >= 4 is 17.5 Å². The Morgan fingerprint density at radius 1 is 1.20 bits per heavy atom. The van der Waals surface area contributed by atoms with Crippen molar-refractivity contribution in [3.05, 3.63) is 22.3 Å². The number of aliphatic hydroxyl groups is 1. The number of rotatable bonds is 5. The molecule has 2 atom stereocenters. The Labute approximate surface area is 148 Å². The van der Waals surface area contributed by atoms with Crippen molar-refractivity contribution in [2.75, 3.05) is 13.1 Å². The zero-order valence-corrected chi connectivity index (χ0v) is 15.5. The van der Waals surface area contributed by atoms with Crippen LogP contribution >= 0.6 is 0 Å². The smallest absolute Gasteiger partial charge is 0.251 e. The van der Waals surface area contributed by atoms with Gasteiger partial charge in [0.05, 0.1) is 0 Å². The molecule has 1 saturated heterocycles. The summed E-state index contributed by atoms with van der Waals surface area (Å²) in [6.07, 6.45) is 2.16. The number of allylic oxidation sites excluding steroid dienone is 4. The molecule has 1 aliphatic heterocycles. The standard InChI is InChI=1S/C19H28N2O4/c1-11-12(2)17(23)15(13(3)16(11)22)7-8-19(4,25)18(24)21-14-6-5-9-20-10-14/h14,20,25H,5-10H2,1-4H3,(H,21,24). The van der Waals surface area contributed by atoms with E-state index in [4.69, 9.17) is 0 Å². The van der Waals surface area contributed by atoms with E-state index in [1.54, 1.807) is 20.8 Å². The van der Waals surface area contributed by atoms with Crippen LogP contribution in [-0.2, 0) is 14.4 Å². The van der Waals surface area contributed by atoms with Crippen LogP contribution in [0.25, 0.3) is 0 Å². The lowest BCUT2D eigenvalue weighted by Crippen LogP contribution is -2.52. The molecular weight excluding hydrogens is 320 g/mol. The third-order valence-electron chi connectivity index (χ3n) is 5.29. The zero-order valence-electron chi connectivity index (χ0n) is 15.5. The first-order valence-electron chi connectivity index (χ1n) is 8.86. The van der Waals surface area contributed by atoms with E-state index in [1.807, 2.05) is 0 Å². The molecule has 2 rings (SSSR count). The second kappa shape index (κ2) is 7.62. The number of nitrogens with one attached hydrogen (secondary N) is 2. The predicted octanol–water partition coefficient (Wildman–Crippen LogP) is 1.19. The summed E-state index contributed by atoms with van der Waals surface area (Å²) in [6.45, 7) is 8.02. The van der Waals surface area contributed by atoms with E-state index >= 15 is 0 Å². The maximum absolute atomic E-state index is 12.4. The maximum atomic E-state index is 12.4. The quantitative estimate of drug-likeness (QED) is 0.649. The van der Waals surface area contributed by atoms with Gasteiger partial charge >= 0.3 is 0 Å². The molecule has 2 aliphatic rings. The van der Waals surface area contributed by atoms with E-state index in [-0.39, 0.29) is 30.4 Å². The SMILES string of the molecule is CC1=C(C)C(=O)C(CCC(C)(O)C(=O)NC2CCCNC2)=C(C)C1=O. The molecule has 0 aromatic heterocycles. The summed E-state index contributed by atoms with van der Waals surface area (Å²) in [5, 5.41) is 16.6. The number of hydrogen-bond donors (Lipinski definition) is 3. The van der Waals surface area contributed by atoms with Crippen molar-refractivity contribution in [3.8, 4) is 0 Å². The van der Waals surface area contributed by atoms with E-state index in [0.29, 0.717) is 28.8 Å². The van der Waals surface area contributed by atoms with Crippen LogP contribution in [0.1, 0.15) is 53.4 Å². The summed E-state index contributed by atoms with van der Waals surface area (Å²) in [5.74, 6) is -0.732. The Bertz CT molecular complexity index is 652.